The van der Waals surface area contributed by atoms with Gasteiger partial charge in [-0.15, -0.1) is 0 Å². The number of sulfone groups is 2. The van der Waals surface area contributed by atoms with Gasteiger partial charge in [-0.3, -0.25) is 9.69 Å². The van der Waals surface area contributed by atoms with Crippen LogP contribution in [0.15, 0.2) is 46.5 Å². The number of methoxy groups -OCH3 is 1. The molecule has 164 valence electrons. The van der Waals surface area contributed by atoms with Gasteiger partial charge in [0.05, 0.1) is 16.4 Å². The summed E-state index contributed by atoms with van der Waals surface area (Å²) >= 11 is 0. The second-order valence-electron chi connectivity index (χ2n) is 8.09. The van der Waals surface area contributed by atoms with Gasteiger partial charge in [-0.05, 0) is 38.5 Å². The smallest absolute Gasteiger partial charge is 0.355 e. The molecule has 1 amide bonds. The number of carbonyl (C=O) groups is 2. The molecular weight excluding hydrogens is 434 g/mol. The Morgan fingerprint density at radius 3 is 2.33 bits per heavy atom. The molecule has 11 heteroatoms. The van der Waals surface area contributed by atoms with Gasteiger partial charge in [0, 0.05) is 7.11 Å². The number of ether oxygens (including phenoxy) is 2. The summed E-state index contributed by atoms with van der Waals surface area (Å²) in [6, 6.07) is 7.46. The van der Waals surface area contributed by atoms with Crippen molar-refractivity contribution in [2.45, 2.75) is 42.7 Å². The molecule has 9 nitrogen and oxygen atoms in total. The molecule has 0 aliphatic carbocycles. The van der Waals surface area contributed by atoms with Crippen molar-refractivity contribution in [3.63, 3.8) is 0 Å². The van der Waals surface area contributed by atoms with Crippen LogP contribution in [-0.4, -0.2) is 69.3 Å². The van der Waals surface area contributed by atoms with E-state index in [0.717, 1.165) is 4.90 Å². The van der Waals surface area contributed by atoms with E-state index in [2.05, 4.69) is 0 Å². The fourth-order valence-corrected chi connectivity index (χ4v) is 7.02. The van der Waals surface area contributed by atoms with Gasteiger partial charge in [0.25, 0.3) is 5.91 Å². The van der Waals surface area contributed by atoms with Crippen LogP contribution >= 0.6 is 0 Å². The van der Waals surface area contributed by atoms with E-state index in [1.165, 1.54) is 31.4 Å². The van der Waals surface area contributed by atoms with Crippen LogP contribution in [0, 0.1) is 0 Å². The molecule has 30 heavy (non-hydrogen) atoms. The molecule has 1 aromatic rings. The van der Waals surface area contributed by atoms with Gasteiger partial charge >= 0.3 is 5.97 Å². The molecule has 0 radical (unpaired) electrons. The fourth-order valence-electron chi connectivity index (χ4n) is 3.43. The second kappa shape index (κ2) is 7.47. The van der Waals surface area contributed by atoms with Crippen molar-refractivity contribution in [2.24, 2.45) is 0 Å². The first-order chi connectivity index (χ1) is 13.8. The van der Waals surface area contributed by atoms with E-state index >= 15 is 0 Å². The van der Waals surface area contributed by atoms with Crippen LogP contribution in [0.3, 0.4) is 0 Å². The van der Waals surface area contributed by atoms with Crippen molar-refractivity contribution in [2.75, 3.05) is 18.6 Å². The quantitative estimate of drug-likeness (QED) is 0.467. The summed E-state index contributed by atoms with van der Waals surface area (Å²) in [6.07, 6.45) is -1.25. The van der Waals surface area contributed by atoms with E-state index in [0.29, 0.717) is 0 Å². The van der Waals surface area contributed by atoms with Crippen LogP contribution in [0.5, 0.6) is 0 Å². The number of β-lactam (4-membered cyclic amide) rings is 1. The lowest BCUT2D eigenvalue weighted by Crippen LogP contribution is -2.70. The molecule has 3 rings (SSSR count). The van der Waals surface area contributed by atoms with Crippen molar-refractivity contribution >= 4 is 31.6 Å². The highest BCUT2D eigenvalue weighted by Crippen LogP contribution is 2.39. The van der Waals surface area contributed by atoms with Crippen LogP contribution in [0.25, 0.3) is 0 Å². The van der Waals surface area contributed by atoms with Gasteiger partial charge in [-0.1, -0.05) is 18.2 Å². The average Bonchev–Trinajstić information content (AvgIpc) is 2.61. The second-order valence-corrected chi connectivity index (χ2v) is 12.2. The Hall–Kier alpha value is -2.24. The number of esters is 1. The van der Waals surface area contributed by atoms with Gasteiger partial charge in [0.15, 0.2) is 31.2 Å². The van der Waals surface area contributed by atoms with Crippen molar-refractivity contribution in [1.29, 1.82) is 0 Å². The van der Waals surface area contributed by atoms with Crippen molar-refractivity contribution in [1.82, 2.24) is 4.90 Å². The third-order valence-electron chi connectivity index (χ3n) is 4.63. The molecule has 0 saturated carbocycles. The monoisotopic (exact) mass is 457 g/mol. The van der Waals surface area contributed by atoms with Gasteiger partial charge in [-0.2, -0.15) is 0 Å². The molecular formula is C19H23NO8S2. The molecule has 1 saturated heterocycles. The SMILES string of the molecule is CO[C@@H]1C(=O)N2C(C(=O)OC(C)(C)C)=C(CS(=O)(=O)c3ccccc3)CS(=O)(=O)C12. The van der Waals surface area contributed by atoms with E-state index < -0.39 is 60.1 Å². The largest absolute Gasteiger partial charge is 0.455 e. The van der Waals surface area contributed by atoms with Gasteiger partial charge in [-0.25, -0.2) is 21.6 Å². The lowest BCUT2D eigenvalue weighted by Gasteiger charge is -2.48. The number of nitrogens with zero attached hydrogens (tertiary/aromatic N) is 1. The number of carbonyl (C=O) groups excluding carboxylic acids is 2. The summed E-state index contributed by atoms with van der Waals surface area (Å²) in [6.45, 7) is 4.83. The molecule has 2 aliphatic rings. The molecule has 0 bridgehead atoms. The summed E-state index contributed by atoms with van der Waals surface area (Å²) < 4.78 is 61.6. The van der Waals surface area contributed by atoms with Gasteiger partial charge in [0.1, 0.15) is 11.3 Å². The van der Waals surface area contributed by atoms with E-state index in [1.54, 1.807) is 26.8 Å². The molecule has 2 atom stereocenters. The number of fused-ring (bicyclic) bond motifs is 1. The molecule has 0 N–H and O–H groups in total. The predicted molar refractivity (Wildman–Crippen MR) is 107 cm³/mol. The normalized spacial score (nSPS) is 23.6. The minimum Gasteiger partial charge on any atom is -0.455 e. The molecule has 2 aliphatic heterocycles. The van der Waals surface area contributed by atoms with Gasteiger partial charge in [0.2, 0.25) is 0 Å². The Labute approximate surface area is 175 Å². The molecule has 1 aromatic carbocycles. The summed E-state index contributed by atoms with van der Waals surface area (Å²) in [7, 11) is -6.76. The summed E-state index contributed by atoms with van der Waals surface area (Å²) in [5.74, 6) is -3.12. The van der Waals surface area contributed by atoms with E-state index in [1.807, 2.05) is 0 Å². The highest BCUT2D eigenvalue weighted by Gasteiger charge is 2.61. The fraction of sp³-hybridized carbons (Fsp3) is 0.474. The highest BCUT2D eigenvalue weighted by atomic mass is 32.2. The van der Waals surface area contributed by atoms with E-state index in [4.69, 9.17) is 9.47 Å². The topological polar surface area (TPSA) is 124 Å². The standard InChI is InChI=1S/C19H23NO8S2/c1-19(2,3)28-18(22)14-12(10-29(23,24)13-8-6-5-7-9-13)11-30(25,26)17-15(27-4)16(21)20(14)17/h5-9,15,17H,10-11H2,1-4H3/t15-,17?/m1/s1. The third-order valence-corrected chi connectivity index (χ3v) is 8.29. The number of hydrogen-bond acceptors (Lipinski definition) is 8. The third kappa shape index (κ3) is 4.01. The zero-order valence-electron chi connectivity index (χ0n) is 17.0. The molecule has 1 fully saturated rings. The van der Waals surface area contributed by atoms with Crippen LogP contribution in [0.2, 0.25) is 0 Å². The van der Waals surface area contributed by atoms with E-state index in [-0.39, 0.29) is 16.2 Å². The Bertz CT molecular complexity index is 1110. The zero-order valence-corrected chi connectivity index (χ0v) is 18.6. The average molecular weight is 458 g/mol. The van der Waals surface area contributed by atoms with Crippen molar-refractivity contribution < 1.29 is 35.9 Å². The zero-order chi connectivity index (χ0) is 22.5. The van der Waals surface area contributed by atoms with Crippen LogP contribution in [-0.2, 0) is 38.7 Å². The number of rotatable bonds is 5. The minimum absolute atomic E-state index is 0.0229. The maximum atomic E-state index is 12.9. The molecule has 1 unspecified atom stereocenters. The number of hydrogen-bond donors (Lipinski definition) is 0. The first-order valence-electron chi connectivity index (χ1n) is 9.09. The minimum atomic E-state index is -3.98. The highest BCUT2D eigenvalue weighted by molar-refractivity contribution is 7.93. The first kappa shape index (κ1) is 22.4. The Morgan fingerprint density at radius 2 is 1.80 bits per heavy atom. The number of benzene rings is 1. The Kier molecular flexibility index (Phi) is 5.59. The summed E-state index contributed by atoms with van der Waals surface area (Å²) in [4.78, 5) is 26.2. The van der Waals surface area contributed by atoms with E-state index in [9.17, 15) is 26.4 Å². The summed E-state index contributed by atoms with van der Waals surface area (Å²) in [5, 5.41) is -1.39. The van der Waals surface area contributed by atoms with Crippen LogP contribution < -0.4 is 0 Å². The Balaban J connectivity index is 2.12. The molecule has 0 spiro atoms. The lowest BCUT2D eigenvalue weighted by atomic mass is 10.1. The van der Waals surface area contributed by atoms with Crippen LogP contribution in [0.4, 0.5) is 0 Å². The van der Waals surface area contributed by atoms with Crippen molar-refractivity contribution in [3.05, 3.63) is 41.6 Å². The number of amides is 1. The Morgan fingerprint density at radius 1 is 1.20 bits per heavy atom. The maximum absolute atomic E-state index is 12.9. The molecule has 2 heterocycles. The van der Waals surface area contributed by atoms with Gasteiger partial charge < -0.3 is 9.47 Å². The maximum Gasteiger partial charge on any atom is 0.355 e. The molecule has 0 aromatic heterocycles. The lowest BCUT2D eigenvalue weighted by molar-refractivity contribution is -0.167. The van der Waals surface area contributed by atoms with Crippen LogP contribution in [0.1, 0.15) is 20.8 Å². The van der Waals surface area contributed by atoms with Crippen molar-refractivity contribution in [3.8, 4) is 0 Å². The predicted octanol–water partition coefficient (Wildman–Crippen LogP) is 0.668. The first-order valence-corrected chi connectivity index (χ1v) is 12.5. The summed E-state index contributed by atoms with van der Waals surface area (Å²) in [5.41, 5.74) is -1.48.